The second kappa shape index (κ2) is 8.59. The smallest absolute Gasteiger partial charge is 0.336 e. The van der Waals surface area contributed by atoms with Gasteiger partial charge in [-0.1, -0.05) is 19.0 Å². The van der Waals surface area contributed by atoms with Crippen LogP contribution in [0, 0.1) is 5.92 Å². The Morgan fingerprint density at radius 2 is 2.14 bits per heavy atom. The summed E-state index contributed by atoms with van der Waals surface area (Å²) in [6.07, 6.45) is 0.990. The molecule has 0 spiro atoms. The predicted octanol–water partition coefficient (Wildman–Crippen LogP) is 3.85. The number of fused-ring (bicyclic) bond motifs is 1. The molecule has 1 aromatic heterocycles. The molecule has 2 aromatic rings. The number of benzene rings is 1. The molecule has 1 aromatic carbocycles. The molecule has 0 radical (unpaired) electrons. The van der Waals surface area contributed by atoms with Gasteiger partial charge in [0.25, 0.3) is 0 Å². The maximum atomic E-state index is 10.9. The number of hydrogen-bond donors (Lipinski definition) is 1. The third-order valence-electron chi connectivity index (χ3n) is 2.79. The van der Waals surface area contributed by atoms with Crippen LogP contribution in [-0.2, 0) is 0 Å². The lowest BCUT2D eigenvalue weighted by Gasteiger charge is -2.03. The quantitative estimate of drug-likeness (QED) is 0.400. The summed E-state index contributed by atoms with van der Waals surface area (Å²) in [5.41, 5.74) is 7.74. The Bertz CT molecular complexity index is 718. The van der Waals surface area contributed by atoms with Crippen molar-refractivity contribution in [2.45, 2.75) is 20.3 Å². The van der Waals surface area contributed by atoms with Gasteiger partial charge in [-0.15, -0.1) is 0 Å². The minimum Gasteiger partial charge on any atom is -0.504 e. The summed E-state index contributed by atoms with van der Waals surface area (Å²) < 4.78 is 9.78. The van der Waals surface area contributed by atoms with Gasteiger partial charge in [-0.3, -0.25) is 0 Å². The first kappa shape index (κ1) is 17.4. The zero-order valence-corrected chi connectivity index (χ0v) is 12.8. The summed E-state index contributed by atoms with van der Waals surface area (Å²) in [6.45, 7) is 4.84. The molecule has 0 aliphatic heterocycles. The van der Waals surface area contributed by atoms with Crippen LogP contribution in [0.4, 0.5) is 0 Å². The SMILES string of the molecule is CC(C)CCN=[N+]=[N-].COc1cc2ccc(=O)oc2cc1O. The summed E-state index contributed by atoms with van der Waals surface area (Å²) in [4.78, 5) is 13.5. The molecule has 118 valence electrons. The van der Waals surface area contributed by atoms with E-state index in [2.05, 4.69) is 23.9 Å². The van der Waals surface area contributed by atoms with E-state index in [1.54, 1.807) is 12.1 Å². The number of hydrogen-bond acceptors (Lipinski definition) is 5. The minimum atomic E-state index is -0.443. The molecule has 2 rings (SSSR count). The van der Waals surface area contributed by atoms with Gasteiger partial charge in [0.2, 0.25) is 0 Å². The second-order valence-electron chi connectivity index (χ2n) is 4.95. The van der Waals surface area contributed by atoms with E-state index < -0.39 is 5.63 Å². The lowest BCUT2D eigenvalue weighted by atomic mass is 10.1. The largest absolute Gasteiger partial charge is 0.504 e. The number of ether oxygens (including phenoxy) is 1. The first-order valence-electron chi connectivity index (χ1n) is 6.79. The fraction of sp³-hybridized carbons (Fsp3) is 0.400. The average molecular weight is 305 g/mol. The van der Waals surface area contributed by atoms with Crippen LogP contribution in [0.2, 0.25) is 0 Å². The van der Waals surface area contributed by atoms with E-state index in [9.17, 15) is 9.90 Å². The van der Waals surface area contributed by atoms with Gasteiger partial charge in [0.05, 0.1) is 7.11 Å². The monoisotopic (exact) mass is 305 g/mol. The summed E-state index contributed by atoms with van der Waals surface area (Å²) in [6, 6.07) is 5.89. The van der Waals surface area contributed by atoms with Gasteiger partial charge in [-0.25, -0.2) is 4.79 Å². The van der Waals surface area contributed by atoms with E-state index in [1.165, 1.54) is 19.2 Å². The minimum absolute atomic E-state index is 0.0469. The molecule has 0 atom stereocenters. The number of methoxy groups -OCH3 is 1. The molecule has 0 saturated heterocycles. The molecule has 7 nitrogen and oxygen atoms in total. The van der Waals surface area contributed by atoms with Crippen molar-refractivity contribution in [3.8, 4) is 11.5 Å². The lowest BCUT2D eigenvalue weighted by Crippen LogP contribution is -1.94. The Morgan fingerprint density at radius 1 is 1.41 bits per heavy atom. The molecule has 0 bridgehead atoms. The third-order valence-corrected chi connectivity index (χ3v) is 2.79. The van der Waals surface area contributed by atoms with E-state index in [-0.39, 0.29) is 5.75 Å². The topological polar surface area (TPSA) is 108 Å². The van der Waals surface area contributed by atoms with Crippen molar-refractivity contribution in [2.75, 3.05) is 13.7 Å². The van der Waals surface area contributed by atoms with Crippen molar-refractivity contribution < 1.29 is 14.3 Å². The van der Waals surface area contributed by atoms with Crippen LogP contribution in [0.15, 0.2) is 38.6 Å². The molecular weight excluding hydrogens is 286 g/mol. The van der Waals surface area contributed by atoms with Crippen molar-refractivity contribution in [1.82, 2.24) is 0 Å². The fourth-order valence-electron chi connectivity index (χ4n) is 1.61. The Kier molecular flexibility index (Phi) is 6.79. The van der Waals surface area contributed by atoms with Gasteiger partial charge in [0, 0.05) is 29.0 Å². The Labute approximate surface area is 127 Å². The van der Waals surface area contributed by atoms with Gasteiger partial charge in [-0.2, -0.15) is 0 Å². The maximum absolute atomic E-state index is 10.9. The highest BCUT2D eigenvalue weighted by molar-refractivity contribution is 5.80. The number of rotatable bonds is 4. The molecule has 0 unspecified atom stereocenters. The molecular formula is C15H19N3O4. The summed E-state index contributed by atoms with van der Waals surface area (Å²) in [5, 5.41) is 13.5. The Hall–Kier alpha value is -2.66. The van der Waals surface area contributed by atoms with E-state index >= 15 is 0 Å². The van der Waals surface area contributed by atoms with Gasteiger partial charge in [0.15, 0.2) is 11.5 Å². The van der Waals surface area contributed by atoms with Crippen LogP contribution in [0.25, 0.3) is 21.4 Å². The van der Waals surface area contributed by atoms with Crippen LogP contribution >= 0.6 is 0 Å². The van der Waals surface area contributed by atoms with Crippen molar-refractivity contribution in [2.24, 2.45) is 11.0 Å². The van der Waals surface area contributed by atoms with Gasteiger partial charge in [-0.05, 0) is 30.0 Å². The van der Waals surface area contributed by atoms with Gasteiger partial charge in [0.1, 0.15) is 5.58 Å². The summed E-state index contributed by atoms with van der Waals surface area (Å²) in [5.74, 6) is 0.946. The normalized spacial score (nSPS) is 9.82. The fourth-order valence-corrected chi connectivity index (χ4v) is 1.61. The van der Waals surface area contributed by atoms with Crippen molar-refractivity contribution in [1.29, 1.82) is 0 Å². The van der Waals surface area contributed by atoms with Gasteiger partial charge >= 0.3 is 5.63 Å². The molecule has 0 amide bonds. The number of azide groups is 1. The molecule has 0 saturated carbocycles. The van der Waals surface area contributed by atoms with Crippen molar-refractivity contribution in [3.63, 3.8) is 0 Å². The third kappa shape index (κ3) is 5.38. The first-order chi connectivity index (χ1) is 10.5. The molecule has 22 heavy (non-hydrogen) atoms. The van der Waals surface area contributed by atoms with E-state index in [0.29, 0.717) is 29.2 Å². The number of aromatic hydroxyl groups is 1. The molecule has 0 aliphatic carbocycles. The molecule has 0 aliphatic rings. The predicted molar refractivity (Wildman–Crippen MR) is 84.2 cm³/mol. The molecule has 1 N–H and O–H groups in total. The number of nitrogens with zero attached hydrogens (tertiary/aromatic N) is 3. The van der Waals surface area contributed by atoms with Crippen LogP contribution < -0.4 is 10.4 Å². The highest BCUT2D eigenvalue weighted by Gasteiger charge is 2.05. The van der Waals surface area contributed by atoms with Crippen LogP contribution in [0.1, 0.15) is 20.3 Å². The van der Waals surface area contributed by atoms with Gasteiger partial charge < -0.3 is 14.3 Å². The van der Waals surface area contributed by atoms with Crippen LogP contribution in [0.5, 0.6) is 11.5 Å². The summed E-state index contributed by atoms with van der Waals surface area (Å²) in [7, 11) is 1.46. The number of phenolic OH excluding ortho intramolecular Hbond substituents is 1. The highest BCUT2D eigenvalue weighted by atomic mass is 16.5. The summed E-state index contributed by atoms with van der Waals surface area (Å²) >= 11 is 0. The highest BCUT2D eigenvalue weighted by Crippen LogP contribution is 2.30. The molecule has 1 heterocycles. The van der Waals surface area contributed by atoms with E-state index in [4.69, 9.17) is 14.7 Å². The standard InChI is InChI=1S/C10H8O4.C5H11N3/c1-13-9-4-6-2-3-10(12)14-8(6)5-7(9)11;1-5(2)3-4-7-8-6/h2-5,11H,1H3;5H,3-4H2,1-2H3. The van der Waals surface area contributed by atoms with Crippen molar-refractivity contribution >= 4 is 11.0 Å². The second-order valence-corrected chi connectivity index (χ2v) is 4.95. The maximum Gasteiger partial charge on any atom is 0.336 e. The van der Waals surface area contributed by atoms with E-state index in [0.717, 1.165) is 6.42 Å². The Morgan fingerprint density at radius 3 is 2.73 bits per heavy atom. The first-order valence-corrected chi connectivity index (χ1v) is 6.79. The average Bonchev–Trinajstić information content (AvgIpc) is 2.47. The number of phenols is 1. The Balaban J connectivity index is 0.000000261. The molecule has 7 heteroatoms. The van der Waals surface area contributed by atoms with Crippen LogP contribution in [0.3, 0.4) is 0 Å². The van der Waals surface area contributed by atoms with E-state index in [1.807, 2.05) is 0 Å². The van der Waals surface area contributed by atoms with Crippen molar-refractivity contribution in [3.05, 3.63) is 45.1 Å². The zero-order chi connectivity index (χ0) is 16.5. The zero-order valence-electron chi connectivity index (χ0n) is 12.8. The molecule has 0 fully saturated rings. The lowest BCUT2D eigenvalue weighted by molar-refractivity contribution is 0.373. The van der Waals surface area contributed by atoms with Crippen LogP contribution in [-0.4, -0.2) is 18.8 Å².